The molecule has 2 aliphatic rings. The molecule has 4 atom stereocenters. The number of benzene rings is 2. The third-order valence-corrected chi connectivity index (χ3v) is 14.3. The van der Waals surface area contributed by atoms with Crippen LogP contribution in [0, 0.1) is 0 Å². The van der Waals surface area contributed by atoms with E-state index in [-0.39, 0.29) is 57.4 Å². The first kappa shape index (κ1) is 62.1. The van der Waals surface area contributed by atoms with Gasteiger partial charge in [-0.25, -0.2) is 9.59 Å². The topological polar surface area (TPSA) is 283 Å². The maximum atomic E-state index is 14.5. The number of carbonyl (C=O) groups is 8. The predicted octanol–water partition coefficient (Wildman–Crippen LogP) is 6.47. The molecular weight excluding hydrogens is 1040 g/mol. The number of hydrogen-bond acceptors (Lipinski definition) is 12. The summed E-state index contributed by atoms with van der Waals surface area (Å²) in [4.78, 5) is 126. The van der Waals surface area contributed by atoms with Crippen molar-refractivity contribution in [3.8, 4) is 11.1 Å². The van der Waals surface area contributed by atoms with Crippen LogP contribution in [0.15, 0.2) is 90.1 Å². The summed E-state index contributed by atoms with van der Waals surface area (Å²) in [6.45, 7) is 9.68. The number of esters is 1. The van der Waals surface area contributed by atoms with Crippen LogP contribution in [-0.2, 0) is 53.0 Å². The summed E-state index contributed by atoms with van der Waals surface area (Å²) in [5, 5.41) is 14.1. The second kappa shape index (κ2) is 29.9. The molecule has 4 heterocycles. The molecule has 0 bridgehead atoms. The van der Waals surface area contributed by atoms with E-state index in [2.05, 4.69) is 56.2 Å². The number of nitrogens with two attached hydrogens (primary N) is 1. The van der Waals surface area contributed by atoms with E-state index in [1.54, 1.807) is 45.2 Å². The van der Waals surface area contributed by atoms with E-state index in [0.717, 1.165) is 79.2 Å². The van der Waals surface area contributed by atoms with Crippen molar-refractivity contribution in [1.29, 1.82) is 0 Å². The largest absolute Gasteiger partial charge is 0.468 e. The summed E-state index contributed by atoms with van der Waals surface area (Å²) in [6, 6.07) is 15.7. The van der Waals surface area contributed by atoms with E-state index < -0.39 is 71.0 Å². The zero-order chi connectivity index (χ0) is 58.6. The summed E-state index contributed by atoms with van der Waals surface area (Å²) in [5.74, 6) is -2.88. The zero-order valence-corrected chi connectivity index (χ0v) is 47.6. The molecule has 8 amide bonds. The number of nitrogens with zero attached hydrogens (tertiary/aromatic N) is 4. The van der Waals surface area contributed by atoms with E-state index in [4.69, 9.17) is 10.5 Å². The minimum Gasteiger partial charge on any atom is -0.468 e. The number of alkyl carbamates (subject to hydrolysis) is 1. The summed E-state index contributed by atoms with van der Waals surface area (Å²) in [6.07, 6.45) is 12.6. The first-order valence-corrected chi connectivity index (χ1v) is 28.1. The van der Waals surface area contributed by atoms with Crippen LogP contribution in [0.5, 0.6) is 0 Å². The van der Waals surface area contributed by atoms with Gasteiger partial charge in [-0.2, -0.15) is 0 Å². The number of aromatic nitrogens is 2. The van der Waals surface area contributed by atoms with Crippen LogP contribution in [-0.4, -0.2) is 123 Å². The summed E-state index contributed by atoms with van der Waals surface area (Å²) < 4.78 is 11.3. The highest BCUT2D eigenvalue weighted by atomic mass is 16.6. The van der Waals surface area contributed by atoms with E-state index in [1.807, 2.05) is 36.5 Å². The predicted molar refractivity (Wildman–Crippen MR) is 306 cm³/mol. The molecule has 2 saturated heterocycles. The number of unbranched alkanes of at least 4 members (excludes halogenated alkanes) is 6. The van der Waals surface area contributed by atoms with Crippen molar-refractivity contribution in [2.45, 2.75) is 167 Å². The number of hydrogen-bond donors (Lipinski definition) is 6. The van der Waals surface area contributed by atoms with Crippen LogP contribution < -0.4 is 37.9 Å². The number of methoxy groups -OCH3 is 1. The molecule has 436 valence electrons. The Kier molecular flexibility index (Phi) is 22.9. The highest BCUT2D eigenvalue weighted by Crippen LogP contribution is 2.30. The number of pyridine rings is 2. The third kappa shape index (κ3) is 19.3. The van der Waals surface area contributed by atoms with Crippen molar-refractivity contribution >= 4 is 53.3 Å². The second-order valence-corrected chi connectivity index (χ2v) is 22.1. The Morgan fingerprint density at radius 1 is 0.815 bits per heavy atom. The lowest BCUT2D eigenvalue weighted by molar-refractivity contribution is -0.144. The van der Waals surface area contributed by atoms with Gasteiger partial charge in [-0.3, -0.25) is 38.5 Å². The molecule has 0 radical (unpaired) electrons. The van der Waals surface area contributed by atoms with Crippen molar-refractivity contribution in [3.63, 3.8) is 0 Å². The van der Waals surface area contributed by atoms with Crippen molar-refractivity contribution in [3.05, 3.63) is 118 Å². The maximum absolute atomic E-state index is 14.5. The average Bonchev–Trinajstić information content (AvgIpc) is 4.00. The number of fused-ring (bicyclic) bond motifs is 1. The monoisotopic (exact) mass is 1120 g/mol. The highest BCUT2D eigenvalue weighted by molar-refractivity contribution is 6.05. The number of nitrogens with one attached hydrogen (secondary N) is 5. The van der Waals surface area contributed by atoms with E-state index >= 15 is 0 Å². The van der Waals surface area contributed by atoms with Crippen LogP contribution >= 0.6 is 0 Å². The van der Waals surface area contributed by atoms with Crippen molar-refractivity contribution in [2.75, 3.05) is 32.1 Å². The lowest BCUT2D eigenvalue weighted by Crippen LogP contribution is -2.62. The van der Waals surface area contributed by atoms with Gasteiger partial charge in [0.1, 0.15) is 30.3 Å². The molecule has 1 unspecified atom stereocenters. The summed E-state index contributed by atoms with van der Waals surface area (Å²) in [5.41, 5.74) is 9.74. The molecule has 2 fully saturated rings. The number of primary amides is 1. The third-order valence-electron chi connectivity index (χ3n) is 14.3. The van der Waals surface area contributed by atoms with Crippen molar-refractivity contribution < 1.29 is 47.8 Å². The Morgan fingerprint density at radius 2 is 1.54 bits per heavy atom. The first-order valence-electron chi connectivity index (χ1n) is 28.1. The fourth-order valence-electron chi connectivity index (χ4n) is 9.93. The molecule has 7 N–H and O–H groups in total. The smallest absolute Gasteiger partial charge is 0.408 e. The van der Waals surface area contributed by atoms with E-state index in [0.29, 0.717) is 36.6 Å². The molecule has 21 heteroatoms. The van der Waals surface area contributed by atoms with Gasteiger partial charge < -0.3 is 56.2 Å². The van der Waals surface area contributed by atoms with Crippen molar-refractivity contribution in [2.24, 2.45) is 5.73 Å². The number of aryl methyl sites for hydroxylation is 1. The van der Waals surface area contributed by atoms with Gasteiger partial charge in [-0.1, -0.05) is 82.3 Å². The maximum Gasteiger partial charge on any atom is 0.408 e. The molecular formula is C60H80N10O11. The molecule has 0 aliphatic carbocycles. The number of anilines is 1. The Balaban J connectivity index is 0.945. The van der Waals surface area contributed by atoms with Crippen LogP contribution in [0.3, 0.4) is 0 Å². The summed E-state index contributed by atoms with van der Waals surface area (Å²) >= 11 is 0. The molecule has 21 nitrogen and oxygen atoms in total. The van der Waals surface area contributed by atoms with Gasteiger partial charge >= 0.3 is 18.1 Å². The van der Waals surface area contributed by atoms with Crippen molar-refractivity contribution in [1.82, 2.24) is 40.6 Å². The molecule has 2 aromatic carbocycles. The van der Waals surface area contributed by atoms with Crippen LogP contribution in [0.4, 0.5) is 15.3 Å². The highest BCUT2D eigenvalue weighted by Gasteiger charge is 2.46. The van der Waals surface area contributed by atoms with Gasteiger partial charge in [0.2, 0.25) is 23.6 Å². The fraction of sp³-hybridized carbons (Fsp3) is 0.500. The van der Waals surface area contributed by atoms with Gasteiger partial charge in [0.25, 0.3) is 11.5 Å². The summed E-state index contributed by atoms with van der Waals surface area (Å²) in [7, 11) is 1.23. The second-order valence-electron chi connectivity index (χ2n) is 22.1. The molecule has 0 saturated carbocycles. The Labute approximate surface area is 473 Å². The number of rotatable bonds is 25. The minimum absolute atomic E-state index is 0.0486. The number of carbonyl (C=O) groups excluding carboxylic acids is 8. The molecule has 6 rings (SSSR count). The lowest BCUT2D eigenvalue weighted by atomic mass is 10.0. The first-order chi connectivity index (χ1) is 38.7. The Bertz CT molecular complexity index is 2900. The fourth-order valence-corrected chi connectivity index (χ4v) is 9.93. The normalized spacial score (nSPS) is 16.5. The minimum atomic E-state index is -1.25. The molecule has 2 aromatic heterocycles. The molecule has 2 aliphatic heterocycles. The molecule has 81 heavy (non-hydrogen) atoms. The lowest BCUT2D eigenvalue weighted by Gasteiger charge is -2.39. The van der Waals surface area contributed by atoms with E-state index in [9.17, 15) is 43.2 Å². The zero-order valence-electron chi connectivity index (χ0n) is 47.6. The van der Waals surface area contributed by atoms with Gasteiger partial charge in [0, 0.05) is 67.9 Å². The quantitative estimate of drug-likeness (QED) is 0.0308. The van der Waals surface area contributed by atoms with Gasteiger partial charge in [-0.05, 0) is 118 Å². The Morgan fingerprint density at radius 3 is 2.25 bits per heavy atom. The van der Waals surface area contributed by atoms with Gasteiger partial charge in [0.15, 0.2) is 0 Å². The number of ether oxygens (including phenoxy) is 2. The standard InChI is InChI=1S/C60H80N10O11/c1-39(2)42-20-18-40(19-21-42)34-64-55(75)48(24-26-51(61)71)66-56(76)50-25-23-47-28-30-68(37-49(57(77)70(47)50)67-59(79)81-60(3,4)5)58(78)63-29-13-11-9-7-8-10-12-15-41-31-45(35-62-33-41)43-16-14-17-44(32-43)54(74)65-46-22-27-52(72)69(36-46)38-53(73)80-6/h14,16-22,27,31-33,35-36,39,47-50H,7-13,15,23-26,28-30,34,37-38H2,1-6H3,(H2,61,71)(H,63,78)(H,64,75)(H,65,74)(H,66,76)(H,67,79)/t47-,48?,49+,50+/m1/s1. The number of urea groups is 1. The molecule has 0 spiro atoms. The van der Waals surface area contributed by atoms with E-state index in [1.165, 1.54) is 39.8 Å². The van der Waals surface area contributed by atoms with Gasteiger partial charge in [0.05, 0.1) is 19.3 Å². The molecule has 4 aromatic rings. The SMILES string of the molecule is COC(=O)Cn1cc(NC(=O)c2cccc(-c3cncc(CCCCCCCCCNC(=O)N4CC[C@H]5CC[C@@H](C(=O)NC(CCC(N)=O)C(=O)NCc6ccc(C(C)C)cc6)N5C(=O)[C@@H](NC(=O)OC(C)(C)C)C4)c3)c2)ccc1=O. The van der Waals surface area contributed by atoms with Gasteiger partial charge in [-0.15, -0.1) is 0 Å². The average molecular weight is 1120 g/mol. The number of amides is 8. The van der Waals surface area contributed by atoms with Crippen LogP contribution in [0.2, 0.25) is 0 Å². The van der Waals surface area contributed by atoms with Crippen LogP contribution in [0.1, 0.15) is 145 Å². The van der Waals surface area contributed by atoms with Crippen LogP contribution in [0.25, 0.3) is 11.1 Å². The Hall–Kier alpha value is -8.10.